The minimum absolute atomic E-state index is 0.0208. The number of carbonyl (C=O) groups is 1. The van der Waals surface area contributed by atoms with Gasteiger partial charge in [0, 0.05) is 12.1 Å². The summed E-state index contributed by atoms with van der Waals surface area (Å²) >= 11 is 1.42. The van der Waals surface area contributed by atoms with Gasteiger partial charge in [-0.25, -0.2) is 8.42 Å². The van der Waals surface area contributed by atoms with Crippen LogP contribution in [0.3, 0.4) is 0 Å². The second-order valence-corrected chi connectivity index (χ2v) is 9.50. The van der Waals surface area contributed by atoms with E-state index in [1.807, 2.05) is 30.5 Å². The number of thiazole rings is 1. The Balaban J connectivity index is 2.17. The third-order valence-corrected chi connectivity index (χ3v) is 7.48. The topological polar surface area (TPSA) is 77.7 Å². The summed E-state index contributed by atoms with van der Waals surface area (Å²) in [5, 5.41) is 0. The molecule has 0 unspecified atom stereocenters. The van der Waals surface area contributed by atoms with Gasteiger partial charge in [-0.3, -0.25) is 4.79 Å². The SMILES string of the molecule is CCn1c(=NC(=O)c2cccc(S(=O)(=O)CC)c2)sc2c(C)ccc(OC)c21. The number of amides is 1. The van der Waals surface area contributed by atoms with Crippen LogP contribution in [0.15, 0.2) is 46.3 Å². The average Bonchev–Trinajstić information content (AvgIpc) is 3.07. The largest absolute Gasteiger partial charge is 0.495 e. The van der Waals surface area contributed by atoms with Crippen LogP contribution in [-0.2, 0) is 16.4 Å². The zero-order valence-electron chi connectivity index (χ0n) is 16.2. The number of fused-ring (bicyclic) bond motifs is 1. The van der Waals surface area contributed by atoms with Crippen molar-refractivity contribution in [3.05, 3.63) is 52.3 Å². The summed E-state index contributed by atoms with van der Waals surface area (Å²) in [6.07, 6.45) is 0. The van der Waals surface area contributed by atoms with Crippen LogP contribution >= 0.6 is 11.3 Å². The van der Waals surface area contributed by atoms with Gasteiger partial charge in [-0.15, -0.1) is 0 Å². The summed E-state index contributed by atoms with van der Waals surface area (Å²) in [7, 11) is -1.77. The van der Waals surface area contributed by atoms with E-state index in [0.717, 1.165) is 21.5 Å². The van der Waals surface area contributed by atoms with Gasteiger partial charge in [0.1, 0.15) is 11.3 Å². The lowest BCUT2D eigenvalue weighted by molar-refractivity contribution is 0.0997. The van der Waals surface area contributed by atoms with Gasteiger partial charge in [0.15, 0.2) is 14.6 Å². The van der Waals surface area contributed by atoms with Crippen molar-refractivity contribution in [1.29, 1.82) is 0 Å². The van der Waals surface area contributed by atoms with E-state index in [1.54, 1.807) is 26.2 Å². The van der Waals surface area contributed by atoms with Crippen LogP contribution in [0.4, 0.5) is 0 Å². The van der Waals surface area contributed by atoms with Crippen LogP contribution in [0.2, 0.25) is 0 Å². The summed E-state index contributed by atoms with van der Waals surface area (Å²) in [6, 6.07) is 9.91. The molecule has 0 spiro atoms. The smallest absolute Gasteiger partial charge is 0.279 e. The molecule has 0 aliphatic heterocycles. The molecule has 6 nitrogen and oxygen atoms in total. The summed E-state index contributed by atoms with van der Waals surface area (Å²) in [5.41, 5.74) is 2.23. The number of aromatic nitrogens is 1. The van der Waals surface area contributed by atoms with Crippen molar-refractivity contribution in [2.75, 3.05) is 12.9 Å². The highest BCUT2D eigenvalue weighted by Crippen LogP contribution is 2.30. The normalized spacial score (nSPS) is 12.5. The fourth-order valence-corrected chi connectivity index (χ4v) is 5.07. The summed E-state index contributed by atoms with van der Waals surface area (Å²) in [4.78, 5) is 17.7. The lowest BCUT2D eigenvalue weighted by atomic mass is 10.2. The quantitative estimate of drug-likeness (QED) is 0.635. The van der Waals surface area contributed by atoms with E-state index >= 15 is 0 Å². The number of sulfone groups is 1. The van der Waals surface area contributed by atoms with Crippen molar-refractivity contribution in [1.82, 2.24) is 4.57 Å². The van der Waals surface area contributed by atoms with Gasteiger partial charge in [-0.1, -0.05) is 30.4 Å². The van der Waals surface area contributed by atoms with Gasteiger partial charge in [-0.05, 0) is 43.7 Å². The second-order valence-electron chi connectivity index (χ2n) is 6.24. The maximum Gasteiger partial charge on any atom is 0.279 e. The summed E-state index contributed by atoms with van der Waals surface area (Å²) < 4.78 is 32.6. The zero-order chi connectivity index (χ0) is 20.5. The van der Waals surface area contributed by atoms with Crippen molar-refractivity contribution in [3.63, 3.8) is 0 Å². The molecule has 0 fully saturated rings. The molecule has 2 aromatic carbocycles. The number of benzene rings is 2. The van der Waals surface area contributed by atoms with E-state index < -0.39 is 15.7 Å². The van der Waals surface area contributed by atoms with Crippen molar-refractivity contribution < 1.29 is 17.9 Å². The molecule has 148 valence electrons. The van der Waals surface area contributed by atoms with Crippen molar-refractivity contribution in [3.8, 4) is 5.75 Å². The van der Waals surface area contributed by atoms with Crippen molar-refractivity contribution in [2.45, 2.75) is 32.2 Å². The number of rotatable bonds is 5. The molecule has 28 heavy (non-hydrogen) atoms. The molecule has 0 aliphatic carbocycles. The maximum atomic E-state index is 12.8. The molecule has 8 heteroatoms. The van der Waals surface area contributed by atoms with Crippen LogP contribution < -0.4 is 9.54 Å². The van der Waals surface area contributed by atoms with Crippen molar-refractivity contribution >= 4 is 37.3 Å². The highest BCUT2D eigenvalue weighted by molar-refractivity contribution is 7.91. The van der Waals surface area contributed by atoms with E-state index in [4.69, 9.17) is 4.74 Å². The molecular formula is C20H22N2O4S2. The maximum absolute atomic E-state index is 12.8. The Labute approximate surface area is 168 Å². The number of methoxy groups -OCH3 is 1. The molecule has 0 bridgehead atoms. The Morgan fingerprint density at radius 1 is 1.21 bits per heavy atom. The first-order chi connectivity index (χ1) is 13.3. The predicted octanol–water partition coefficient (Wildman–Crippen LogP) is 3.57. The standard InChI is InChI=1S/C20H22N2O4S2/c1-5-22-17-16(26-4)11-10-13(3)18(17)27-20(22)21-19(23)14-8-7-9-15(12-14)28(24,25)6-2/h7-12H,5-6H2,1-4H3. The summed E-state index contributed by atoms with van der Waals surface area (Å²) in [5.74, 6) is 0.231. The first kappa shape index (κ1) is 20.3. The minimum atomic E-state index is -3.39. The second kappa shape index (κ2) is 7.89. The first-order valence-electron chi connectivity index (χ1n) is 8.91. The van der Waals surface area contributed by atoms with E-state index in [0.29, 0.717) is 11.3 Å². The third-order valence-electron chi connectivity index (χ3n) is 4.54. The highest BCUT2D eigenvalue weighted by Gasteiger charge is 2.16. The molecule has 0 aliphatic rings. The Morgan fingerprint density at radius 3 is 2.61 bits per heavy atom. The number of nitrogens with zero attached hydrogens (tertiary/aromatic N) is 2. The minimum Gasteiger partial charge on any atom is -0.495 e. The van der Waals surface area contributed by atoms with Crippen LogP contribution in [0.5, 0.6) is 5.75 Å². The van der Waals surface area contributed by atoms with E-state index in [-0.39, 0.29) is 16.2 Å². The third kappa shape index (κ3) is 3.62. The first-order valence-corrected chi connectivity index (χ1v) is 11.4. The van der Waals surface area contributed by atoms with Gasteiger partial charge in [0.05, 0.1) is 22.5 Å². The zero-order valence-corrected chi connectivity index (χ0v) is 17.9. The molecule has 3 aromatic rings. The molecule has 1 amide bonds. The molecule has 0 N–H and O–H groups in total. The van der Waals surface area contributed by atoms with Crippen LogP contribution in [0.1, 0.15) is 29.8 Å². The molecule has 0 radical (unpaired) electrons. The molecule has 0 saturated carbocycles. The Bertz CT molecular complexity index is 1220. The lowest BCUT2D eigenvalue weighted by Gasteiger charge is -2.07. The van der Waals surface area contributed by atoms with Crippen LogP contribution in [0, 0.1) is 6.92 Å². The lowest BCUT2D eigenvalue weighted by Crippen LogP contribution is -2.16. The van der Waals surface area contributed by atoms with Gasteiger partial charge >= 0.3 is 0 Å². The van der Waals surface area contributed by atoms with Crippen LogP contribution in [0.25, 0.3) is 10.2 Å². The molecule has 1 aromatic heterocycles. The van der Waals surface area contributed by atoms with Gasteiger partial charge < -0.3 is 9.30 Å². The van der Waals surface area contributed by atoms with Gasteiger partial charge in [0.25, 0.3) is 5.91 Å². The number of hydrogen-bond acceptors (Lipinski definition) is 5. The highest BCUT2D eigenvalue weighted by atomic mass is 32.2. The average molecular weight is 419 g/mol. The van der Waals surface area contributed by atoms with E-state index in [9.17, 15) is 13.2 Å². The van der Waals surface area contributed by atoms with Crippen molar-refractivity contribution in [2.24, 2.45) is 4.99 Å². The van der Waals surface area contributed by atoms with E-state index in [1.165, 1.54) is 23.5 Å². The van der Waals surface area contributed by atoms with Crippen LogP contribution in [-0.4, -0.2) is 31.8 Å². The van der Waals surface area contributed by atoms with Gasteiger partial charge in [0.2, 0.25) is 0 Å². The fourth-order valence-electron chi connectivity index (χ4n) is 2.96. The number of carbonyl (C=O) groups excluding carboxylic acids is 1. The fraction of sp³-hybridized carbons (Fsp3) is 0.300. The molecule has 3 rings (SSSR count). The Hall–Kier alpha value is -2.45. The monoisotopic (exact) mass is 418 g/mol. The summed E-state index contributed by atoms with van der Waals surface area (Å²) in [6.45, 7) is 6.18. The number of ether oxygens (including phenoxy) is 1. The molecule has 0 saturated heterocycles. The molecule has 0 atom stereocenters. The van der Waals surface area contributed by atoms with E-state index in [2.05, 4.69) is 4.99 Å². The number of aryl methyl sites for hydroxylation is 2. The predicted molar refractivity (Wildman–Crippen MR) is 111 cm³/mol. The number of hydrogen-bond donors (Lipinski definition) is 0. The molecular weight excluding hydrogens is 396 g/mol. The Morgan fingerprint density at radius 2 is 1.96 bits per heavy atom. The Kier molecular flexibility index (Phi) is 5.71. The van der Waals surface area contributed by atoms with Gasteiger partial charge in [-0.2, -0.15) is 4.99 Å². The molecule has 1 heterocycles.